The van der Waals surface area contributed by atoms with Gasteiger partial charge in [-0.2, -0.15) is 0 Å². The molecule has 5 heterocycles. The zero-order valence-electron chi connectivity index (χ0n) is 30.5. The van der Waals surface area contributed by atoms with Gasteiger partial charge in [0.2, 0.25) is 0 Å². The highest BCUT2D eigenvalue weighted by molar-refractivity contribution is 7.25. The van der Waals surface area contributed by atoms with Crippen LogP contribution in [0.4, 0.5) is 0 Å². The predicted molar refractivity (Wildman–Crippen MR) is 240 cm³/mol. The molecule has 0 amide bonds. The number of nitrogens with one attached hydrogen (secondary N) is 1. The fourth-order valence-corrected chi connectivity index (χ4v) is 10.7. The van der Waals surface area contributed by atoms with Crippen LogP contribution in [0.15, 0.2) is 158 Å². The van der Waals surface area contributed by atoms with Crippen LogP contribution in [0.25, 0.3) is 115 Å². The number of hydrogen-bond acceptors (Lipinski definition) is 6. The average Bonchev–Trinajstić information content (AvgIpc) is 3.95. The molecule has 11 aromatic rings. The second kappa shape index (κ2) is 12.8. The SMILES string of the molecule is C1=c2sc3c(-c4nc(-c5ccccc5)nc(-c5ccc6sc7ccccc7c6c5)n4)cc(-n4c5ccccc5c5cc(-c6ccccc6)ccc54)cc3c2=CCN1. The summed E-state index contributed by atoms with van der Waals surface area (Å²) in [4.78, 5) is 15.8. The largest absolute Gasteiger partial charge is 0.386 e. The maximum absolute atomic E-state index is 5.36. The Morgan fingerprint density at radius 3 is 2.00 bits per heavy atom. The third kappa shape index (κ3) is 5.24. The highest BCUT2D eigenvalue weighted by atomic mass is 32.1. The molecule has 0 fully saturated rings. The average molecular weight is 766 g/mol. The molecule has 1 N–H and O–H groups in total. The summed E-state index contributed by atoms with van der Waals surface area (Å²) in [5.41, 5.74) is 8.68. The first kappa shape index (κ1) is 32.3. The van der Waals surface area contributed by atoms with Crippen molar-refractivity contribution in [2.45, 2.75) is 0 Å². The van der Waals surface area contributed by atoms with Crippen molar-refractivity contribution in [1.82, 2.24) is 24.8 Å². The molecule has 1 aliphatic rings. The third-order valence-electron chi connectivity index (χ3n) is 11.1. The number of rotatable bonds is 5. The van der Waals surface area contributed by atoms with Gasteiger partial charge >= 0.3 is 0 Å². The summed E-state index contributed by atoms with van der Waals surface area (Å²) in [5.74, 6) is 1.96. The first-order valence-electron chi connectivity index (χ1n) is 19.1. The topological polar surface area (TPSA) is 55.6 Å². The van der Waals surface area contributed by atoms with Gasteiger partial charge in [0.15, 0.2) is 17.5 Å². The first-order valence-corrected chi connectivity index (χ1v) is 20.7. The molecule has 57 heavy (non-hydrogen) atoms. The van der Waals surface area contributed by atoms with Crippen LogP contribution < -0.4 is 15.1 Å². The van der Waals surface area contributed by atoms with Crippen LogP contribution >= 0.6 is 22.7 Å². The molecule has 0 unspecified atom stereocenters. The minimum Gasteiger partial charge on any atom is -0.386 e. The molecule has 0 bridgehead atoms. The van der Waals surface area contributed by atoms with Crippen molar-refractivity contribution in [3.63, 3.8) is 0 Å². The van der Waals surface area contributed by atoms with Crippen LogP contribution in [-0.2, 0) is 0 Å². The third-order valence-corrected chi connectivity index (χ3v) is 13.4. The number of benzene rings is 7. The van der Waals surface area contributed by atoms with Crippen LogP contribution in [0.3, 0.4) is 0 Å². The predicted octanol–water partition coefficient (Wildman–Crippen LogP) is 11.3. The van der Waals surface area contributed by atoms with E-state index in [2.05, 4.69) is 162 Å². The summed E-state index contributed by atoms with van der Waals surface area (Å²) in [6.45, 7) is 0.782. The smallest absolute Gasteiger partial charge is 0.165 e. The second-order valence-electron chi connectivity index (χ2n) is 14.4. The van der Waals surface area contributed by atoms with Crippen molar-refractivity contribution in [2.24, 2.45) is 0 Å². The maximum atomic E-state index is 5.36. The summed E-state index contributed by atoms with van der Waals surface area (Å²) in [5, 5.41) is 10.8. The van der Waals surface area contributed by atoms with Crippen molar-refractivity contribution in [2.75, 3.05) is 6.54 Å². The minimum atomic E-state index is 0.649. The van der Waals surface area contributed by atoms with E-state index in [1.165, 1.54) is 57.2 Å². The molecule has 1 aliphatic heterocycles. The van der Waals surface area contributed by atoms with Crippen molar-refractivity contribution in [1.29, 1.82) is 0 Å². The fraction of sp³-hybridized carbons (Fsp3) is 0.0200. The van der Waals surface area contributed by atoms with Gasteiger partial charge in [0.05, 0.1) is 15.6 Å². The van der Waals surface area contributed by atoms with Crippen LogP contribution in [-0.4, -0.2) is 26.1 Å². The number of para-hydroxylation sites is 1. The van der Waals surface area contributed by atoms with Gasteiger partial charge < -0.3 is 9.88 Å². The monoisotopic (exact) mass is 765 g/mol. The number of thiophene rings is 2. The molecule has 4 aromatic heterocycles. The lowest BCUT2D eigenvalue weighted by Gasteiger charge is -2.13. The Morgan fingerprint density at radius 1 is 0.474 bits per heavy atom. The molecule has 0 radical (unpaired) electrons. The number of nitrogens with zero attached hydrogens (tertiary/aromatic N) is 4. The van der Waals surface area contributed by atoms with E-state index < -0.39 is 0 Å². The van der Waals surface area contributed by atoms with Gasteiger partial charge in [-0.1, -0.05) is 109 Å². The van der Waals surface area contributed by atoms with E-state index in [-0.39, 0.29) is 0 Å². The summed E-state index contributed by atoms with van der Waals surface area (Å²) >= 11 is 3.60. The van der Waals surface area contributed by atoms with Crippen LogP contribution in [0.2, 0.25) is 0 Å². The first-order chi connectivity index (χ1) is 28.2. The van der Waals surface area contributed by atoms with Gasteiger partial charge in [0.1, 0.15) is 0 Å². The standard InChI is InChI=1S/C50H31N5S2/c1-3-11-30(12-4-1)32-19-21-43-38(25-32)35-15-7-9-17-42(35)55(43)34-27-40-37-23-24-51-29-46(37)57-47(40)41(28-34)50-53-48(31-13-5-2-6-14-31)52-49(54-50)33-20-22-45-39(26-33)36-16-8-10-18-44(36)56-45/h1-23,25-29,51H,24H2. The van der Waals surface area contributed by atoms with E-state index in [0.717, 1.165) is 44.7 Å². The van der Waals surface area contributed by atoms with Gasteiger partial charge in [-0.3, -0.25) is 0 Å². The zero-order chi connectivity index (χ0) is 37.5. The van der Waals surface area contributed by atoms with Crippen molar-refractivity contribution < 1.29 is 0 Å². The molecule has 12 rings (SSSR count). The second-order valence-corrected chi connectivity index (χ2v) is 16.6. The van der Waals surface area contributed by atoms with E-state index in [0.29, 0.717) is 17.5 Å². The molecule has 0 aliphatic carbocycles. The molecule has 268 valence electrons. The Labute approximate surface area is 335 Å². The Hall–Kier alpha value is -6.93. The zero-order valence-corrected chi connectivity index (χ0v) is 32.1. The highest BCUT2D eigenvalue weighted by Crippen LogP contribution is 2.40. The van der Waals surface area contributed by atoms with Gasteiger partial charge in [0.25, 0.3) is 0 Å². The molecule has 0 spiro atoms. The Bertz CT molecular complexity index is 3530. The van der Waals surface area contributed by atoms with E-state index in [1.807, 2.05) is 29.5 Å². The summed E-state index contributed by atoms with van der Waals surface area (Å²) in [6, 6.07) is 56.3. The van der Waals surface area contributed by atoms with Crippen LogP contribution in [0.1, 0.15) is 0 Å². The van der Waals surface area contributed by atoms with E-state index in [4.69, 9.17) is 15.0 Å². The van der Waals surface area contributed by atoms with Crippen molar-refractivity contribution in [3.8, 4) is 51.0 Å². The van der Waals surface area contributed by atoms with Crippen molar-refractivity contribution in [3.05, 3.63) is 167 Å². The minimum absolute atomic E-state index is 0.649. The molecule has 0 saturated carbocycles. The molecule has 0 atom stereocenters. The number of aromatic nitrogens is 4. The summed E-state index contributed by atoms with van der Waals surface area (Å²) in [6.07, 6.45) is 4.44. The number of hydrogen-bond donors (Lipinski definition) is 1. The van der Waals surface area contributed by atoms with Gasteiger partial charge in [0, 0.05) is 76.2 Å². The van der Waals surface area contributed by atoms with E-state index in [1.54, 1.807) is 11.3 Å². The highest BCUT2D eigenvalue weighted by Gasteiger charge is 2.21. The molecule has 0 saturated heterocycles. The quantitative estimate of drug-likeness (QED) is 0.190. The summed E-state index contributed by atoms with van der Waals surface area (Å²) in [7, 11) is 0. The van der Waals surface area contributed by atoms with E-state index in [9.17, 15) is 0 Å². The Kier molecular flexibility index (Phi) is 7.27. The molecule has 5 nitrogen and oxygen atoms in total. The molecule has 7 aromatic carbocycles. The molecule has 7 heteroatoms. The van der Waals surface area contributed by atoms with Gasteiger partial charge in [-0.15, -0.1) is 22.7 Å². The lowest BCUT2D eigenvalue weighted by atomic mass is 10.0. The molecular weight excluding hydrogens is 735 g/mol. The normalized spacial score (nSPS) is 12.6. The van der Waals surface area contributed by atoms with Crippen LogP contribution in [0.5, 0.6) is 0 Å². The van der Waals surface area contributed by atoms with Crippen molar-refractivity contribution >= 4 is 87.0 Å². The summed E-state index contributed by atoms with van der Waals surface area (Å²) < 4.78 is 7.29. The maximum Gasteiger partial charge on any atom is 0.165 e. The lowest BCUT2D eigenvalue weighted by Crippen LogP contribution is -2.28. The fourth-order valence-electron chi connectivity index (χ4n) is 8.42. The van der Waals surface area contributed by atoms with Gasteiger partial charge in [-0.05, 0) is 70.9 Å². The molecular formula is C50H31N5S2. The van der Waals surface area contributed by atoms with E-state index >= 15 is 0 Å². The van der Waals surface area contributed by atoms with Crippen LogP contribution in [0, 0.1) is 0 Å². The Balaban J connectivity index is 1.14. The number of fused-ring (bicyclic) bond motifs is 9. The van der Waals surface area contributed by atoms with Gasteiger partial charge in [-0.25, -0.2) is 15.0 Å². The Morgan fingerprint density at radius 2 is 1.14 bits per heavy atom. The lowest BCUT2D eigenvalue weighted by molar-refractivity contribution is 1.06.